The highest BCUT2D eigenvalue weighted by molar-refractivity contribution is 6.08. The number of phenolic OH excluding ortho intramolecular Hbond substituents is 1. The van der Waals surface area contributed by atoms with Gasteiger partial charge in [0.15, 0.2) is 0 Å². The van der Waals surface area contributed by atoms with Crippen LogP contribution in [0.5, 0.6) is 11.5 Å². The van der Waals surface area contributed by atoms with Gasteiger partial charge in [-0.25, -0.2) is 9.48 Å². The SMILES string of the molecule is O=c1oc2ccccc2c(O)c1C1=Nc2ccccc2NC(c2cn(-c3ccccc3)nc2-c2ccccc2O)C1. The van der Waals surface area contributed by atoms with Gasteiger partial charge in [-0.15, -0.1) is 0 Å². The lowest BCUT2D eigenvalue weighted by Gasteiger charge is -2.19. The fraction of sp³-hybridized carbons (Fsp3) is 0.0606. The molecule has 3 heterocycles. The molecule has 0 saturated carbocycles. The van der Waals surface area contributed by atoms with Gasteiger partial charge in [0.1, 0.15) is 28.3 Å². The van der Waals surface area contributed by atoms with Crippen LogP contribution in [0, 0.1) is 0 Å². The summed E-state index contributed by atoms with van der Waals surface area (Å²) in [5, 5.41) is 31.0. The number of nitrogens with one attached hydrogen (secondary N) is 1. The molecule has 1 unspecified atom stereocenters. The number of rotatable bonds is 4. The average molecular weight is 541 g/mol. The monoisotopic (exact) mass is 540 g/mol. The van der Waals surface area contributed by atoms with Crippen LogP contribution in [0.2, 0.25) is 0 Å². The van der Waals surface area contributed by atoms with Crippen molar-refractivity contribution in [2.45, 2.75) is 12.5 Å². The Bertz CT molecular complexity index is 2010. The number of fused-ring (bicyclic) bond motifs is 2. The summed E-state index contributed by atoms with van der Waals surface area (Å²) in [5.74, 6) is -0.0718. The smallest absolute Gasteiger partial charge is 0.349 e. The molecule has 3 N–H and O–H groups in total. The molecule has 0 spiro atoms. The second-order valence-corrected chi connectivity index (χ2v) is 9.82. The molecular formula is C33H24N4O4. The van der Waals surface area contributed by atoms with Gasteiger partial charge in [0.2, 0.25) is 0 Å². The first-order valence-corrected chi connectivity index (χ1v) is 13.2. The minimum Gasteiger partial charge on any atom is -0.507 e. The molecule has 8 heteroatoms. The van der Waals surface area contributed by atoms with Crippen LogP contribution in [0.1, 0.15) is 23.6 Å². The number of phenols is 1. The highest BCUT2D eigenvalue weighted by atomic mass is 16.4. The van der Waals surface area contributed by atoms with Crippen LogP contribution >= 0.6 is 0 Å². The molecule has 4 aromatic carbocycles. The van der Waals surface area contributed by atoms with E-state index in [1.54, 1.807) is 41.1 Å². The Morgan fingerprint density at radius 1 is 0.854 bits per heavy atom. The van der Waals surface area contributed by atoms with Gasteiger partial charge in [-0.1, -0.05) is 54.6 Å². The van der Waals surface area contributed by atoms with E-state index in [0.29, 0.717) is 33.6 Å². The van der Waals surface area contributed by atoms with Crippen molar-refractivity contribution in [3.8, 4) is 28.4 Å². The number of aliphatic imine (C=N–C) groups is 1. The van der Waals surface area contributed by atoms with Gasteiger partial charge in [-0.05, 0) is 48.5 Å². The summed E-state index contributed by atoms with van der Waals surface area (Å²) in [4.78, 5) is 18.1. The highest BCUT2D eigenvalue weighted by Gasteiger charge is 2.30. The van der Waals surface area contributed by atoms with E-state index >= 15 is 0 Å². The van der Waals surface area contributed by atoms with E-state index in [0.717, 1.165) is 16.9 Å². The molecule has 0 radical (unpaired) electrons. The Hall–Kier alpha value is -5.63. The third-order valence-electron chi connectivity index (χ3n) is 7.26. The summed E-state index contributed by atoms with van der Waals surface area (Å²) in [7, 11) is 0. The predicted molar refractivity (Wildman–Crippen MR) is 158 cm³/mol. The summed E-state index contributed by atoms with van der Waals surface area (Å²) < 4.78 is 7.37. The van der Waals surface area contributed by atoms with Crippen LogP contribution in [-0.2, 0) is 0 Å². The molecular weight excluding hydrogens is 516 g/mol. The molecule has 7 rings (SSSR count). The van der Waals surface area contributed by atoms with E-state index in [1.165, 1.54) is 0 Å². The molecule has 0 fully saturated rings. The van der Waals surface area contributed by atoms with Gasteiger partial charge >= 0.3 is 5.63 Å². The third kappa shape index (κ3) is 4.31. The first-order chi connectivity index (χ1) is 20.1. The zero-order valence-electron chi connectivity index (χ0n) is 21.7. The average Bonchev–Trinajstić information content (AvgIpc) is 3.34. The van der Waals surface area contributed by atoms with E-state index in [-0.39, 0.29) is 23.5 Å². The molecule has 1 atom stereocenters. The van der Waals surface area contributed by atoms with Crippen LogP contribution in [0.15, 0.2) is 124 Å². The van der Waals surface area contributed by atoms with Crippen molar-refractivity contribution in [3.63, 3.8) is 0 Å². The zero-order chi connectivity index (χ0) is 27.9. The minimum absolute atomic E-state index is 0.0202. The van der Waals surface area contributed by atoms with Gasteiger partial charge in [-0.2, -0.15) is 5.10 Å². The van der Waals surface area contributed by atoms with Gasteiger partial charge in [-0.3, -0.25) is 4.99 Å². The number of hydrogen-bond acceptors (Lipinski definition) is 7. The van der Waals surface area contributed by atoms with Crippen molar-refractivity contribution < 1.29 is 14.6 Å². The second kappa shape index (κ2) is 9.84. The Morgan fingerprint density at radius 2 is 1.59 bits per heavy atom. The summed E-state index contributed by atoms with van der Waals surface area (Å²) in [6.45, 7) is 0. The molecule has 0 aliphatic carbocycles. The predicted octanol–water partition coefficient (Wildman–Crippen LogP) is 6.73. The molecule has 200 valence electrons. The summed E-state index contributed by atoms with van der Waals surface area (Å²) in [6.07, 6.45) is 2.15. The lowest BCUT2D eigenvalue weighted by atomic mass is 9.95. The standard InChI is InChI=1S/C33H24N4O4/c38-28-16-8-4-12-21(28)31-23(19-37(36-31)20-10-2-1-3-11-20)26-18-27(35-25-15-7-6-14-24(25)34-26)30-32(39)22-13-5-9-17-29(22)41-33(30)40/h1-17,19,26,34,38-39H,18H2. The van der Waals surface area contributed by atoms with Crippen LogP contribution in [0.4, 0.5) is 11.4 Å². The van der Waals surface area contributed by atoms with E-state index in [1.807, 2.05) is 72.9 Å². The van der Waals surface area contributed by atoms with Crippen molar-refractivity contribution in [3.05, 3.63) is 131 Å². The fourth-order valence-corrected chi connectivity index (χ4v) is 5.29. The van der Waals surface area contributed by atoms with E-state index in [2.05, 4.69) is 5.32 Å². The van der Waals surface area contributed by atoms with Crippen LogP contribution in [-0.4, -0.2) is 25.7 Å². The molecule has 1 aliphatic heterocycles. The number of para-hydroxylation sites is 5. The summed E-state index contributed by atoms with van der Waals surface area (Å²) >= 11 is 0. The number of benzene rings is 4. The van der Waals surface area contributed by atoms with Crippen molar-refractivity contribution in [1.82, 2.24) is 9.78 Å². The number of nitrogens with zero attached hydrogens (tertiary/aromatic N) is 3. The molecule has 0 amide bonds. The molecule has 0 saturated heterocycles. The molecule has 2 aromatic heterocycles. The van der Waals surface area contributed by atoms with Crippen LogP contribution < -0.4 is 10.9 Å². The van der Waals surface area contributed by atoms with Crippen molar-refractivity contribution in [2.75, 3.05) is 5.32 Å². The second-order valence-electron chi connectivity index (χ2n) is 9.82. The molecule has 0 bridgehead atoms. The number of aromatic nitrogens is 2. The van der Waals surface area contributed by atoms with Gasteiger partial charge < -0.3 is 19.9 Å². The molecule has 8 nitrogen and oxygen atoms in total. The fourth-order valence-electron chi connectivity index (χ4n) is 5.29. The Labute approximate surface area is 234 Å². The third-order valence-corrected chi connectivity index (χ3v) is 7.26. The highest BCUT2D eigenvalue weighted by Crippen LogP contribution is 2.41. The maximum absolute atomic E-state index is 13.3. The maximum Gasteiger partial charge on any atom is 0.349 e. The molecule has 6 aromatic rings. The Balaban J connectivity index is 1.44. The first-order valence-electron chi connectivity index (χ1n) is 13.2. The largest absolute Gasteiger partial charge is 0.507 e. The maximum atomic E-state index is 13.3. The zero-order valence-corrected chi connectivity index (χ0v) is 21.7. The number of anilines is 1. The Morgan fingerprint density at radius 3 is 2.44 bits per heavy atom. The van der Waals surface area contributed by atoms with E-state index in [9.17, 15) is 15.0 Å². The lowest BCUT2D eigenvalue weighted by molar-refractivity contribution is 0.465. The van der Waals surface area contributed by atoms with E-state index in [4.69, 9.17) is 14.5 Å². The summed E-state index contributed by atoms with van der Waals surface area (Å²) in [6, 6.07) is 30.7. The normalized spacial score (nSPS) is 14.6. The molecule has 41 heavy (non-hydrogen) atoms. The van der Waals surface area contributed by atoms with Crippen molar-refractivity contribution >= 4 is 28.1 Å². The van der Waals surface area contributed by atoms with Crippen LogP contribution in [0.3, 0.4) is 0 Å². The van der Waals surface area contributed by atoms with Crippen LogP contribution in [0.25, 0.3) is 27.9 Å². The quantitative estimate of drug-likeness (QED) is 0.214. The summed E-state index contributed by atoms with van der Waals surface area (Å²) in [5.41, 5.74) is 4.20. The lowest BCUT2D eigenvalue weighted by Crippen LogP contribution is -2.20. The number of aromatic hydroxyl groups is 2. The topological polar surface area (TPSA) is 113 Å². The first kappa shape index (κ1) is 24.4. The van der Waals surface area contributed by atoms with Gasteiger partial charge in [0.05, 0.1) is 34.2 Å². The molecule has 1 aliphatic rings. The van der Waals surface area contributed by atoms with Gasteiger partial charge in [0, 0.05) is 23.7 Å². The van der Waals surface area contributed by atoms with Gasteiger partial charge in [0.25, 0.3) is 0 Å². The Kier molecular flexibility index (Phi) is 5.86. The van der Waals surface area contributed by atoms with Crippen molar-refractivity contribution in [2.24, 2.45) is 4.99 Å². The minimum atomic E-state index is -0.668. The van der Waals surface area contributed by atoms with Crippen molar-refractivity contribution in [1.29, 1.82) is 0 Å². The van der Waals surface area contributed by atoms with E-state index < -0.39 is 11.7 Å². The number of hydrogen-bond donors (Lipinski definition) is 3.